The van der Waals surface area contributed by atoms with Gasteiger partial charge in [-0.25, -0.2) is 12.8 Å². The molecule has 0 amide bonds. The van der Waals surface area contributed by atoms with Gasteiger partial charge in [-0.2, -0.15) is 0 Å². The summed E-state index contributed by atoms with van der Waals surface area (Å²) in [4.78, 5) is 0.0723. The van der Waals surface area contributed by atoms with Gasteiger partial charge in [0.25, 0.3) is 10.0 Å². The zero-order valence-electron chi connectivity index (χ0n) is 11.7. The molecule has 0 unspecified atom stereocenters. The summed E-state index contributed by atoms with van der Waals surface area (Å²) in [6, 6.07) is 8.14. The molecule has 0 aliphatic carbocycles. The average Bonchev–Trinajstić information content (AvgIpc) is 2.49. The molecule has 0 atom stereocenters. The van der Waals surface area contributed by atoms with E-state index in [1.54, 1.807) is 6.07 Å². The maximum Gasteiger partial charge on any atom is 0.264 e. The van der Waals surface area contributed by atoms with Gasteiger partial charge in [0.1, 0.15) is 11.6 Å². The van der Waals surface area contributed by atoms with Crippen LogP contribution < -0.4 is 9.04 Å². The fourth-order valence-corrected chi connectivity index (χ4v) is 3.87. The number of hydrogen-bond acceptors (Lipinski definition) is 3. The molecule has 0 saturated heterocycles. The molecular weight excluding hydrogens is 397 g/mol. The number of hydrogen-bond donors (Lipinski definition) is 0. The predicted octanol–water partition coefficient (Wildman–Crippen LogP) is 4.08. The Labute approximate surface area is 141 Å². The van der Waals surface area contributed by atoms with Crippen LogP contribution in [0.1, 0.15) is 0 Å². The van der Waals surface area contributed by atoms with Crippen LogP contribution in [0.4, 0.5) is 10.1 Å². The lowest BCUT2D eigenvalue weighted by Gasteiger charge is -2.20. The third kappa shape index (κ3) is 3.21. The van der Waals surface area contributed by atoms with Crippen LogP contribution >= 0.6 is 27.5 Å². The summed E-state index contributed by atoms with van der Waals surface area (Å²) in [6.07, 6.45) is 0. The van der Waals surface area contributed by atoms with Crippen LogP contribution in [0, 0.1) is 5.82 Å². The van der Waals surface area contributed by atoms with E-state index in [1.807, 2.05) is 0 Å². The summed E-state index contributed by atoms with van der Waals surface area (Å²) in [5.41, 5.74) is 0.262. The highest BCUT2D eigenvalue weighted by molar-refractivity contribution is 9.10. The summed E-state index contributed by atoms with van der Waals surface area (Å²) in [6.45, 7) is 0. The molecule has 118 valence electrons. The standard InChI is InChI=1S/C14H12BrClFNO3S/c1-18(9-3-5-13(17)12(16)7-9)22(19,20)10-4-6-14(21-2)11(15)8-10/h3-8H,1-2H3. The quantitative estimate of drug-likeness (QED) is 0.766. The lowest BCUT2D eigenvalue weighted by atomic mass is 10.3. The Morgan fingerprint density at radius 2 is 1.91 bits per heavy atom. The molecule has 8 heteroatoms. The van der Waals surface area contributed by atoms with Gasteiger partial charge < -0.3 is 4.74 Å². The van der Waals surface area contributed by atoms with Gasteiger partial charge in [0, 0.05) is 7.05 Å². The first kappa shape index (κ1) is 17.1. The van der Waals surface area contributed by atoms with E-state index >= 15 is 0 Å². The zero-order valence-corrected chi connectivity index (χ0v) is 14.8. The fourth-order valence-electron chi connectivity index (χ4n) is 1.79. The van der Waals surface area contributed by atoms with Gasteiger partial charge in [0.2, 0.25) is 0 Å². The van der Waals surface area contributed by atoms with Gasteiger partial charge in [-0.1, -0.05) is 11.6 Å². The summed E-state index contributed by atoms with van der Waals surface area (Å²) in [7, 11) is -0.943. The monoisotopic (exact) mass is 407 g/mol. The van der Waals surface area contributed by atoms with Crippen LogP contribution in [-0.4, -0.2) is 22.6 Å². The number of ether oxygens (including phenoxy) is 1. The molecule has 0 radical (unpaired) electrons. The minimum Gasteiger partial charge on any atom is -0.496 e. The second-order valence-corrected chi connectivity index (χ2v) is 7.60. The molecule has 0 aromatic heterocycles. The Morgan fingerprint density at radius 1 is 1.23 bits per heavy atom. The van der Waals surface area contributed by atoms with Gasteiger partial charge >= 0.3 is 0 Å². The molecule has 0 aliphatic heterocycles. The maximum absolute atomic E-state index is 13.2. The van der Waals surface area contributed by atoms with Crippen molar-refractivity contribution in [2.45, 2.75) is 4.90 Å². The highest BCUT2D eigenvalue weighted by Crippen LogP contribution is 2.31. The molecule has 4 nitrogen and oxygen atoms in total. The van der Waals surface area contributed by atoms with E-state index in [1.165, 1.54) is 38.4 Å². The summed E-state index contributed by atoms with van der Waals surface area (Å²) in [5.74, 6) is -0.0881. The molecule has 0 heterocycles. The van der Waals surface area contributed by atoms with E-state index in [-0.39, 0.29) is 15.6 Å². The Balaban J connectivity index is 2.44. The minimum atomic E-state index is -3.80. The largest absolute Gasteiger partial charge is 0.496 e. The van der Waals surface area contributed by atoms with E-state index < -0.39 is 15.8 Å². The predicted molar refractivity (Wildman–Crippen MR) is 87.7 cm³/mol. The van der Waals surface area contributed by atoms with E-state index in [0.717, 1.165) is 10.4 Å². The topological polar surface area (TPSA) is 46.6 Å². The molecule has 0 N–H and O–H groups in total. The first-order valence-corrected chi connectivity index (χ1v) is 8.66. The molecule has 22 heavy (non-hydrogen) atoms. The number of sulfonamides is 1. The van der Waals surface area contributed by atoms with E-state index in [9.17, 15) is 12.8 Å². The van der Waals surface area contributed by atoms with Crippen LogP contribution in [0.5, 0.6) is 5.75 Å². The van der Waals surface area contributed by atoms with Crippen molar-refractivity contribution < 1.29 is 17.5 Å². The van der Waals surface area contributed by atoms with Gasteiger partial charge in [0.05, 0.1) is 27.2 Å². The second kappa shape index (κ2) is 6.44. The van der Waals surface area contributed by atoms with E-state index in [0.29, 0.717) is 10.2 Å². The Morgan fingerprint density at radius 3 is 2.45 bits per heavy atom. The molecule has 2 rings (SSSR count). The van der Waals surface area contributed by atoms with Crippen molar-refractivity contribution in [1.29, 1.82) is 0 Å². The normalized spacial score (nSPS) is 11.3. The average molecular weight is 409 g/mol. The highest BCUT2D eigenvalue weighted by Gasteiger charge is 2.23. The zero-order chi connectivity index (χ0) is 16.5. The number of halogens is 3. The summed E-state index contributed by atoms with van der Waals surface area (Å²) < 4.78 is 45.0. The Bertz CT molecular complexity index is 814. The maximum atomic E-state index is 13.2. The van der Waals surface area contributed by atoms with Crippen molar-refractivity contribution in [2.24, 2.45) is 0 Å². The van der Waals surface area contributed by atoms with Crippen molar-refractivity contribution in [2.75, 3.05) is 18.5 Å². The molecule has 0 saturated carbocycles. The van der Waals surface area contributed by atoms with Gasteiger partial charge in [-0.05, 0) is 52.3 Å². The van der Waals surface area contributed by atoms with Crippen molar-refractivity contribution in [3.63, 3.8) is 0 Å². The van der Waals surface area contributed by atoms with Gasteiger partial charge in [-0.3, -0.25) is 4.31 Å². The second-order valence-electron chi connectivity index (χ2n) is 4.37. The molecule has 0 bridgehead atoms. The molecule has 0 fully saturated rings. The van der Waals surface area contributed by atoms with Crippen molar-refractivity contribution >= 4 is 43.2 Å². The Kier molecular flexibility index (Phi) is 4.99. The fraction of sp³-hybridized carbons (Fsp3) is 0.143. The van der Waals surface area contributed by atoms with Crippen LogP contribution in [-0.2, 0) is 10.0 Å². The van der Waals surface area contributed by atoms with E-state index in [4.69, 9.17) is 16.3 Å². The van der Waals surface area contributed by atoms with Crippen LogP contribution in [0.2, 0.25) is 5.02 Å². The number of nitrogens with zero attached hydrogens (tertiary/aromatic N) is 1. The van der Waals surface area contributed by atoms with Crippen molar-refractivity contribution in [3.8, 4) is 5.75 Å². The van der Waals surface area contributed by atoms with Gasteiger partial charge in [0.15, 0.2) is 0 Å². The Hall–Kier alpha value is -1.31. The number of rotatable bonds is 4. The number of anilines is 1. The third-order valence-electron chi connectivity index (χ3n) is 3.05. The third-order valence-corrected chi connectivity index (χ3v) is 5.74. The lowest BCUT2D eigenvalue weighted by Crippen LogP contribution is -2.26. The first-order chi connectivity index (χ1) is 10.3. The first-order valence-electron chi connectivity index (χ1n) is 6.05. The van der Waals surface area contributed by atoms with Crippen LogP contribution in [0.3, 0.4) is 0 Å². The molecular formula is C14H12BrClFNO3S. The molecule has 0 spiro atoms. The molecule has 2 aromatic carbocycles. The molecule has 2 aromatic rings. The summed E-state index contributed by atoms with van der Waals surface area (Å²) in [5, 5.41) is -0.143. The van der Waals surface area contributed by atoms with Crippen LogP contribution in [0.15, 0.2) is 45.8 Å². The van der Waals surface area contributed by atoms with E-state index in [2.05, 4.69) is 15.9 Å². The highest BCUT2D eigenvalue weighted by atomic mass is 79.9. The smallest absolute Gasteiger partial charge is 0.264 e. The number of methoxy groups -OCH3 is 1. The van der Waals surface area contributed by atoms with Crippen molar-refractivity contribution in [1.82, 2.24) is 0 Å². The number of benzene rings is 2. The summed E-state index contributed by atoms with van der Waals surface area (Å²) >= 11 is 8.95. The van der Waals surface area contributed by atoms with Crippen molar-refractivity contribution in [3.05, 3.63) is 51.7 Å². The minimum absolute atomic E-state index is 0.0723. The SMILES string of the molecule is COc1ccc(S(=O)(=O)N(C)c2ccc(F)c(Cl)c2)cc1Br. The van der Waals surface area contributed by atoms with Crippen LogP contribution in [0.25, 0.3) is 0 Å². The van der Waals surface area contributed by atoms with Gasteiger partial charge in [-0.15, -0.1) is 0 Å². The molecule has 0 aliphatic rings. The lowest BCUT2D eigenvalue weighted by molar-refractivity contribution is 0.411.